The van der Waals surface area contributed by atoms with Crippen molar-refractivity contribution >= 4 is 17.7 Å². The van der Waals surface area contributed by atoms with Crippen molar-refractivity contribution in [3.8, 4) is 0 Å². The lowest BCUT2D eigenvalue weighted by Crippen LogP contribution is -2.31. The van der Waals surface area contributed by atoms with Crippen molar-refractivity contribution < 1.29 is 9.53 Å². The minimum Gasteiger partial charge on any atom is -0.465 e. The Morgan fingerprint density at radius 2 is 2.17 bits per heavy atom. The van der Waals surface area contributed by atoms with Crippen LogP contribution in [0.25, 0.3) is 0 Å². The monoisotopic (exact) mass is 350 g/mol. The molecule has 0 saturated heterocycles. The highest BCUT2D eigenvalue weighted by Gasteiger charge is 2.22. The molecule has 0 bridgehead atoms. The number of benzene rings is 1. The third-order valence-electron chi connectivity index (χ3n) is 3.34. The fourth-order valence-electron chi connectivity index (χ4n) is 2.24. The van der Waals surface area contributed by atoms with Crippen molar-refractivity contribution in [1.82, 2.24) is 25.5 Å². The molecule has 0 aliphatic heterocycles. The second kappa shape index (κ2) is 9.36. The highest BCUT2D eigenvalue weighted by molar-refractivity contribution is 7.98. The molecule has 0 radical (unpaired) electrons. The van der Waals surface area contributed by atoms with Gasteiger partial charge >= 0.3 is 5.97 Å². The highest BCUT2D eigenvalue weighted by Crippen LogP contribution is 2.23. The Kier molecular flexibility index (Phi) is 7.16. The Balaban J connectivity index is 2.27. The van der Waals surface area contributed by atoms with Crippen LogP contribution in [0.5, 0.6) is 0 Å². The van der Waals surface area contributed by atoms with Crippen LogP contribution in [0.2, 0.25) is 0 Å². The molecular weight excluding hydrogens is 328 g/mol. The van der Waals surface area contributed by atoms with Gasteiger partial charge in [0.1, 0.15) is 6.54 Å². The molecule has 3 N–H and O–H groups in total. The van der Waals surface area contributed by atoms with Crippen LogP contribution in [-0.2, 0) is 16.1 Å². The summed E-state index contributed by atoms with van der Waals surface area (Å²) in [6.07, 6.45) is 2.03. The number of hydrogen-bond acceptors (Lipinski definition) is 8. The zero-order chi connectivity index (χ0) is 17.4. The van der Waals surface area contributed by atoms with Gasteiger partial charge < -0.3 is 15.8 Å². The zero-order valence-corrected chi connectivity index (χ0v) is 14.6. The maximum absolute atomic E-state index is 11.7. The van der Waals surface area contributed by atoms with Gasteiger partial charge in [-0.15, -0.1) is 16.9 Å². The van der Waals surface area contributed by atoms with E-state index in [1.807, 2.05) is 30.5 Å². The topological polar surface area (TPSA) is 108 Å². The standard InChI is InChI=1S/C15H22N6O2S/c1-3-23-13(22)10-21-15(18-19-20-21)14(17-9-8-16)11-4-6-12(24-2)7-5-11/h4-7,14,17H,3,8-10,16H2,1-2H3. The molecule has 0 aliphatic carbocycles. The lowest BCUT2D eigenvalue weighted by molar-refractivity contribution is -0.144. The number of thioether (sulfide) groups is 1. The number of esters is 1. The summed E-state index contributed by atoms with van der Waals surface area (Å²) < 4.78 is 6.42. The quantitative estimate of drug-likeness (QED) is 0.500. The first-order valence-electron chi connectivity index (χ1n) is 7.68. The second-order valence-electron chi connectivity index (χ2n) is 4.95. The van der Waals surface area contributed by atoms with Gasteiger partial charge in [-0.2, -0.15) is 0 Å². The number of ether oxygens (including phenoxy) is 1. The van der Waals surface area contributed by atoms with Gasteiger partial charge in [0.05, 0.1) is 12.6 Å². The predicted molar refractivity (Wildman–Crippen MR) is 91.6 cm³/mol. The van der Waals surface area contributed by atoms with Gasteiger partial charge in [0.25, 0.3) is 0 Å². The minimum atomic E-state index is -0.374. The molecule has 1 atom stereocenters. The Morgan fingerprint density at radius 3 is 2.79 bits per heavy atom. The van der Waals surface area contributed by atoms with Crippen LogP contribution in [0, 0.1) is 0 Å². The molecule has 24 heavy (non-hydrogen) atoms. The fourth-order valence-corrected chi connectivity index (χ4v) is 2.65. The van der Waals surface area contributed by atoms with E-state index in [0.29, 0.717) is 25.5 Å². The maximum atomic E-state index is 11.7. The van der Waals surface area contributed by atoms with Crippen LogP contribution in [0.3, 0.4) is 0 Å². The molecule has 2 aromatic rings. The van der Waals surface area contributed by atoms with E-state index in [1.165, 1.54) is 9.58 Å². The van der Waals surface area contributed by atoms with Gasteiger partial charge in [0.15, 0.2) is 5.82 Å². The summed E-state index contributed by atoms with van der Waals surface area (Å²) in [4.78, 5) is 12.9. The van der Waals surface area contributed by atoms with E-state index in [9.17, 15) is 4.79 Å². The minimum absolute atomic E-state index is 0.0279. The number of carbonyl (C=O) groups excluding carboxylic acids is 1. The van der Waals surface area contributed by atoms with E-state index < -0.39 is 0 Å². The number of rotatable bonds is 9. The van der Waals surface area contributed by atoms with E-state index in [-0.39, 0.29) is 18.6 Å². The molecule has 8 nitrogen and oxygen atoms in total. The molecule has 9 heteroatoms. The Labute approximate surface area is 145 Å². The number of nitrogens with one attached hydrogen (secondary N) is 1. The molecule has 1 aromatic carbocycles. The van der Waals surface area contributed by atoms with Crippen LogP contribution >= 0.6 is 11.8 Å². The number of carbonyl (C=O) groups is 1. The summed E-state index contributed by atoms with van der Waals surface area (Å²) in [6.45, 7) is 3.14. The average Bonchev–Trinajstić information content (AvgIpc) is 3.04. The normalized spacial score (nSPS) is 12.1. The van der Waals surface area contributed by atoms with Crippen LogP contribution in [-0.4, -0.2) is 52.1 Å². The van der Waals surface area contributed by atoms with E-state index in [4.69, 9.17) is 10.5 Å². The van der Waals surface area contributed by atoms with Crippen molar-refractivity contribution in [3.05, 3.63) is 35.7 Å². The van der Waals surface area contributed by atoms with Crippen molar-refractivity contribution in [2.75, 3.05) is 26.0 Å². The van der Waals surface area contributed by atoms with Gasteiger partial charge in [-0.25, -0.2) is 4.68 Å². The smallest absolute Gasteiger partial charge is 0.327 e. The number of nitrogens with two attached hydrogens (primary N) is 1. The van der Waals surface area contributed by atoms with Crippen LogP contribution in [0.15, 0.2) is 29.2 Å². The average molecular weight is 350 g/mol. The third-order valence-corrected chi connectivity index (χ3v) is 4.09. The fraction of sp³-hybridized carbons (Fsp3) is 0.467. The first-order chi connectivity index (χ1) is 11.7. The van der Waals surface area contributed by atoms with E-state index >= 15 is 0 Å². The second-order valence-corrected chi connectivity index (χ2v) is 5.83. The molecule has 2 rings (SSSR count). The summed E-state index contributed by atoms with van der Waals surface area (Å²) in [6, 6.07) is 7.86. The molecule has 0 fully saturated rings. The molecule has 0 aliphatic rings. The first kappa shape index (κ1) is 18.4. The molecule has 1 heterocycles. The molecule has 130 valence electrons. The lowest BCUT2D eigenvalue weighted by atomic mass is 10.1. The van der Waals surface area contributed by atoms with Gasteiger partial charge in [-0.1, -0.05) is 12.1 Å². The number of nitrogens with zero attached hydrogens (tertiary/aromatic N) is 4. The van der Waals surface area contributed by atoms with Crippen molar-refractivity contribution in [2.24, 2.45) is 5.73 Å². The molecule has 0 amide bonds. The highest BCUT2D eigenvalue weighted by atomic mass is 32.2. The van der Waals surface area contributed by atoms with Crippen molar-refractivity contribution in [1.29, 1.82) is 0 Å². The molecular formula is C15H22N6O2S. The van der Waals surface area contributed by atoms with Crippen molar-refractivity contribution in [2.45, 2.75) is 24.4 Å². The number of tetrazole rings is 1. The molecule has 0 saturated carbocycles. The molecule has 0 spiro atoms. The Hall–Kier alpha value is -1.97. The van der Waals surface area contributed by atoms with E-state index in [1.54, 1.807) is 18.7 Å². The predicted octanol–water partition coefficient (Wildman–Crippen LogP) is 0.596. The van der Waals surface area contributed by atoms with E-state index in [2.05, 4.69) is 20.8 Å². The number of aromatic nitrogens is 4. The first-order valence-corrected chi connectivity index (χ1v) is 8.91. The summed E-state index contributed by atoms with van der Waals surface area (Å²) in [5, 5.41) is 15.0. The van der Waals surface area contributed by atoms with Gasteiger partial charge in [-0.3, -0.25) is 4.79 Å². The van der Waals surface area contributed by atoms with E-state index in [0.717, 1.165) is 5.56 Å². The molecule has 1 aromatic heterocycles. The van der Waals surface area contributed by atoms with Gasteiger partial charge in [0, 0.05) is 18.0 Å². The summed E-state index contributed by atoms with van der Waals surface area (Å²) in [5.74, 6) is 0.176. The lowest BCUT2D eigenvalue weighted by Gasteiger charge is -2.18. The molecule has 1 unspecified atom stereocenters. The summed E-state index contributed by atoms with van der Waals surface area (Å²) in [7, 11) is 0. The van der Waals surface area contributed by atoms with Crippen molar-refractivity contribution in [3.63, 3.8) is 0 Å². The number of hydrogen-bond donors (Lipinski definition) is 2. The summed E-state index contributed by atoms with van der Waals surface area (Å²) in [5.41, 5.74) is 6.61. The van der Waals surface area contributed by atoms with Gasteiger partial charge in [0.2, 0.25) is 0 Å². The zero-order valence-electron chi connectivity index (χ0n) is 13.8. The third kappa shape index (κ3) is 4.76. The maximum Gasteiger partial charge on any atom is 0.327 e. The summed E-state index contributed by atoms with van der Waals surface area (Å²) >= 11 is 1.67. The van der Waals surface area contributed by atoms with Gasteiger partial charge in [-0.05, 0) is 41.3 Å². The Morgan fingerprint density at radius 1 is 1.42 bits per heavy atom. The SMILES string of the molecule is CCOC(=O)Cn1nnnc1C(NCCN)c1ccc(SC)cc1. The van der Waals surface area contributed by atoms with Crippen LogP contribution in [0.4, 0.5) is 0 Å². The van der Waals surface area contributed by atoms with Crippen LogP contribution < -0.4 is 11.1 Å². The van der Waals surface area contributed by atoms with Crippen LogP contribution in [0.1, 0.15) is 24.4 Å². The largest absolute Gasteiger partial charge is 0.465 e. The Bertz CT molecular complexity index is 646.